The second-order valence-electron chi connectivity index (χ2n) is 5.82. The molecule has 0 bridgehead atoms. The molecule has 0 atom stereocenters. The number of rotatable bonds is 8. The summed E-state index contributed by atoms with van der Waals surface area (Å²) in [6.07, 6.45) is -0.0418. The summed E-state index contributed by atoms with van der Waals surface area (Å²) >= 11 is 17.7. The highest BCUT2D eigenvalue weighted by Crippen LogP contribution is 2.28. The zero-order valence-electron chi connectivity index (χ0n) is 15.6. The Labute approximate surface area is 182 Å². The van der Waals surface area contributed by atoms with E-state index in [1.165, 1.54) is 13.2 Å². The van der Waals surface area contributed by atoms with Gasteiger partial charge in [0.15, 0.2) is 6.61 Å². The molecule has 0 aliphatic carbocycles. The third-order valence-electron chi connectivity index (χ3n) is 3.48. The van der Waals surface area contributed by atoms with Gasteiger partial charge < -0.3 is 14.8 Å². The van der Waals surface area contributed by atoms with Crippen LogP contribution < -0.4 is 20.2 Å². The largest absolute Gasteiger partial charge is 0.495 e. The van der Waals surface area contributed by atoms with Gasteiger partial charge in [0.1, 0.15) is 11.5 Å². The van der Waals surface area contributed by atoms with Crippen LogP contribution in [0.5, 0.6) is 11.5 Å². The van der Waals surface area contributed by atoms with E-state index in [1.807, 2.05) is 0 Å². The van der Waals surface area contributed by atoms with Crippen molar-refractivity contribution in [3.63, 3.8) is 0 Å². The number of hydrogen-bond acceptors (Lipinski definition) is 5. The maximum absolute atomic E-state index is 12.2. The number of amides is 2. The molecule has 2 rings (SSSR count). The third kappa shape index (κ3) is 7.45. The Hall–Kier alpha value is -2.48. The Kier molecular flexibility index (Phi) is 8.57. The maximum Gasteiger partial charge on any atom is 0.277 e. The van der Waals surface area contributed by atoms with E-state index in [2.05, 4.69) is 15.8 Å². The molecule has 0 saturated carbocycles. The van der Waals surface area contributed by atoms with E-state index in [1.54, 1.807) is 37.3 Å². The predicted octanol–water partition coefficient (Wildman–Crippen LogP) is 4.56. The first kappa shape index (κ1) is 22.8. The zero-order valence-corrected chi connectivity index (χ0v) is 17.9. The summed E-state index contributed by atoms with van der Waals surface area (Å²) in [5, 5.41) is 7.77. The highest BCUT2D eigenvalue weighted by Gasteiger charge is 2.10. The molecule has 10 heteroatoms. The second kappa shape index (κ2) is 10.9. The van der Waals surface area contributed by atoms with Gasteiger partial charge in [0.2, 0.25) is 5.91 Å². The van der Waals surface area contributed by atoms with Crippen LogP contribution >= 0.6 is 34.8 Å². The molecule has 0 aromatic heterocycles. The van der Waals surface area contributed by atoms with E-state index < -0.39 is 5.91 Å². The minimum atomic E-state index is -0.507. The van der Waals surface area contributed by atoms with Gasteiger partial charge in [0.05, 0.1) is 24.2 Å². The van der Waals surface area contributed by atoms with E-state index in [0.29, 0.717) is 32.9 Å². The minimum Gasteiger partial charge on any atom is -0.495 e. The quantitative estimate of drug-likeness (QED) is 0.448. The summed E-state index contributed by atoms with van der Waals surface area (Å²) in [5.74, 6) is -0.0528. The first-order valence-corrected chi connectivity index (χ1v) is 9.45. The summed E-state index contributed by atoms with van der Waals surface area (Å²) in [6, 6.07) is 9.53. The molecule has 0 spiro atoms. The first-order valence-electron chi connectivity index (χ1n) is 8.31. The highest BCUT2D eigenvalue weighted by atomic mass is 35.5. The Bertz CT molecular complexity index is 935. The standard InChI is InChI=1S/C19H18Cl3N3O4/c1-11(7-18(26)23-15-9-13(21)4-6-17(15)28-2)24-25-19(27)10-29-16-5-3-12(20)8-14(16)22/h3-6,8-9H,7,10H2,1-2H3,(H,23,26)(H,25,27)/b24-11-. The van der Waals surface area contributed by atoms with Gasteiger partial charge in [-0.05, 0) is 43.3 Å². The number of ether oxygens (including phenoxy) is 2. The van der Waals surface area contributed by atoms with E-state index in [0.717, 1.165) is 0 Å². The molecule has 2 aromatic rings. The zero-order chi connectivity index (χ0) is 21.4. The van der Waals surface area contributed by atoms with Gasteiger partial charge in [-0.25, -0.2) is 5.43 Å². The second-order valence-corrected chi connectivity index (χ2v) is 7.10. The summed E-state index contributed by atoms with van der Waals surface area (Å²) in [4.78, 5) is 24.0. The molecule has 0 aliphatic heterocycles. The molecule has 7 nitrogen and oxygen atoms in total. The minimum absolute atomic E-state index is 0.0418. The lowest BCUT2D eigenvalue weighted by molar-refractivity contribution is -0.123. The van der Waals surface area contributed by atoms with Gasteiger partial charge in [-0.15, -0.1) is 0 Å². The average molecular weight is 459 g/mol. The molecule has 0 unspecified atom stereocenters. The molecule has 2 N–H and O–H groups in total. The van der Waals surface area contributed by atoms with Crippen LogP contribution in [-0.2, 0) is 9.59 Å². The van der Waals surface area contributed by atoms with Crippen LogP contribution in [0.4, 0.5) is 5.69 Å². The smallest absolute Gasteiger partial charge is 0.277 e. The summed E-state index contributed by atoms with van der Waals surface area (Å²) in [5.41, 5.74) is 3.14. The number of hydrazone groups is 1. The van der Waals surface area contributed by atoms with Gasteiger partial charge in [0.25, 0.3) is 5.91 Å². The third-order valence-corrected chi connectivity index (χ3v) is 4.24. The van der Waals surface area contributed by atoms with Crippen molar-refractivity contribution >= 4 is 58.0 Å². The number of carbonyl (C=O) groups excluding carboxylic acids is 2. The average Bonchev–Trinajstić information content (AvgIpc) is 2.65. The van der Waals surface area contributed by atoms with Crippen molar-refractivity contribution in [1.29, 1.82) is 0 Å². The van der Waals surface area contributed by atoms with Crippen molar-refractivity contribution in [3.8, 4) is 11.5 Å². The lowest BCUT2D eigenvalue weighted by Gasteiger charge is -2.10. The summed E-state index contributed by atoms with van der Waals surface area (Å²) < 4.78 is 10.5. The van der Waals surface area contributed by atoms with Crippen LogP contribution in [0.2, 0.25) is 15.1 Å². The molecular weight excluding hydrogens is 441 g/mol. The molecule has 0 aliphatic rings. The summed E-state index contributed by atoms with van der Waals surface area (Å²) in [7, 11) is 1.49. The van der Waals surface area contributed by atoms with Gasteiger partial charge in [-0.3, -0.25) is 9.59 Å². The SMILES string of the molecule is COc1ccc(Cl)cc1NC(=O)C/C(C)=N\NC(=O)COc1ccc(Cl)cc1Cl. The van der Waals surface area contributed by atoms with Crippen molar-refractivity contribution in [3.05, 3.63) is 51.5 Å². The molecule has 0 fully saturated rings. The molecule has 2 aromatic carbocycles. The molecule has 154 valence electrons. The molecule has 0 saturated heterocycles. The van der Waals surface area contributed by atoms with Gasteiger partial charge in [-0.1, -0.05) is 34.8 Å². The fourth-order valence-electron chi connectivity index (χ4n) is 2.17. The van der Waals surface area contributed by atoms with Crippen molar-refractivity contribution in [2.75, 3.05) is 19.0 Å². The van der Waals surface area contributed by atoms with Crippen molar-refractivity contribution in [2.45, 2.75) is 13.3 Å². The van der Waals surface area contributed by atoms with Crippen LogP contribution in [0.15, 0.2) is 41.5 Å². The fraction of sp³-hybridized carbons (Fsp3) is 0.211. The normalized spacial score (nSPS) is 11.0. The number of halogens is 3. The lowest BCUT2D eigenvalue weighted by atomic mass is 10.2. The molecule has 0 radical (unpaired) electrons. The van der Waals surface area contributed by atoms with E-state index in [-0.39, 0.29) is 24.0 Å². The number of nitrogens with zero attached hydrogens (tertiary/aromatic N) is 1. The van der Waals surface area contributed by atoms with Crippen molar-refractivity contribution in [1.82, 2.24) is 5.43 Å². The number of nitrogens with one attached hydrogen (secondary N) is 2. The number of anilines is 1. The Morgan fingerprint density at radius 2 is 1.66 bits per heavy atom. The molecule has 0 heterocycles. The Morgan fingerprint density at radius 3 is 2.31 bits per heavy atom. The van der Waals surface area contributed by atoms with E-state index >= 15 is 0 Å². The fourth-order valence-corrected chi connectivity index (χ4v) is 2.80. The van der Waals surface area contributed by atoms with Crippen molar-refractivity contribution < 1.29 is 19.1 Å². The van der Waals surface area contributed by atoms with Crippen LogP contribution in [-0.4, -0.2) is 31.2 Å². The van der Waals surface area contributed by atoms with Crippen LogP contribution in [0.25, 0.3) is 0 Å². The first-order chi connectivity index (χ1) is 13.8. The lowest BCUT2D eigenvalue weighted by Crippen LogP contribution is -2.26. The van der Waals surface area contributed by atoms with Gasteiger partial charge >= 0.3 is 0 Å². The summed E-state index contributed by atoms with van der Waals surface area (Å²) in [6.45, 7) is 1.30. The highest BCUT2D eigenvalue weighted by molar-refractivity contribution is 6.35. The van der Waals surface area contributed by atoms with Crippen LogP contribution in [0, 0.1) is 0 Å². The topological polar surface area (TPSA) is 89.0 Å². The Morgan fingerprint density at radius 1 is 1.00 bits per heavy atom. The number of carbonyl (C=O) groups is 2. The number of benzene rings is 2. The molecule has 29 heavy (non-hydrogen) atoms. The van der Waals surface area contributed by atoms with Crippen molar-refractivity contribution in [2.24, 2.45) is 5.10 Å². The maximum atomic E-state index is 12.2. The number of methoxy groups -OCH3 is 1. The predicted molar refractivity (Wildman–Crippen MR) is 114 cm³/mol. The Balaban J connectivity index is 1.83. The van der Waals surface area contributed by atoms with Gasteiger partial charge in [-0.2, -0.15) is 5.10 Å². The molecule has 2 amide bonds. The van der Waals surface area contributed by atoms with Crippen LogP contribution in [0.3, 0.4) is 0 Å². The van der Waals surface area contributed by atoms with E-state index in [4.69, 9.17) is 44.3 Å². The van der Waals surface area contributed by atoms with Gasteiger partial charge in [0, 0.05) is 15.8 Å². The van der Waals surface area contributed by atoms with E-state index in [9.17, 15) is 9.59 Å². The monoisotopic (exact) mass is 457 g/mol. The number of hydrogen-bond donors (Lipinski definition) is 2. The molecular formula is C19H18Cl3N3O4. The van der Waals surface area contributed by atoms with Crippen LogP contribution in [0.1, 0.15) is 13.3 Å².